The minimum absolute atomic E-state index is 0.517. The van der Waals surface area contributed by atoms with Gasteiger partial charge in [-0.05, 0) is 31.2 Å². The SMILES string of the molecule is CCNCC1(CCOCCOC)CCCC1. The van der Waals surface area contributed by atoms with Crippen LogP contribution < -0.4 is 5.32 Å². The Morgan fingerprint density at radius 3 is 2.50 bits per heavy atom. The van der Waals surface area contributed by atoms with Gasteiger partial charge in [-0.15, -0.1) is 0 Å². The van der Waals surface area contributed by atoms with Crippen molar-refractivity contribution in [3.63, 3.8) is 0 Å². The Hall–Kier alpha value is -0.120. The maximum atomic E-state index is 5.59. The molecule has 3 nitrogen and oxygen atoms in total. The van der Waals surface area contributed by atoms with E-state index in [1.807, 2.05) is 0 Å². The van der Waals surface area contributed by atoms with Crippen molar-refractivity contribution in [3.05, 3.63) is 0 Å². The first-order valence-electron chi connectivity index (χ1n) is 6.60. The predicted octanol–water partition coefficient (Wildman–Crippen LogP) is 2.21. The summed E-state index contributed by atoms with van der Waals surface area (Å²) in [6, 6.07) is 0. The number of hydrogen-bond donors (Lipinski definition) is 1. The van der Waals surface area contributed by atoms with Gasteiger partial charge >= 0.3 is 0 Å². The smallest absolute Gasteiger partial charge is 0.0700 e. The first-order valence-corrected chi connectivity index (χ1v) is 6.60. The lowest BCUT2D eigenvalue weighted by Gasteiger charge is -2.29. The lowest BCUT2D eigenvalue weighted by Crippen LogP contribution is -2.33. The van der Waals surface area contributed by atoms with Crippen LogP contribution in [-0.2, 0) is 9.47 Å². The minimum atomic E-state index is 0.517. The van der Waals surface area contributed by atoms with E-state index in [1.54, 1.807) is 7.11 Å². The summed E-state index contributed by atoms with van der Waals surface area (Å²) in [7, 11) is 1.72. The summed E-state index contributed by atoms with van der Waals surface area (Å²) in [6.45, 7) is 6.74. The minimum Gasteiger partial charge on any atom is -0.382 e. The molecule has 16 heavy (non-hydrogen) atoms. The summed E-state index contributed by atoms with van der Waals surface area (Å²) in [6.07, 6.45) is 6.72. The van der Waals surface area contributed by atoms with Gasteiger partial charge in [0.15, 0.2) is 0 Å². The van der Waals surface area contributed by atoms with Crippen LogP contribution in [0.25, 0.3) is 0 Å². The molecule has 1 aliphatic carbocycles. The molecule has 0 aromatic carbocycles. The molecule has 0 aliphatic heterocycles. The second-order valence-corrected chi connectivity index (χ2v) is 4.84. The number of ether oxygens (including phenoxy) is 2. The first-order chi connectivity index (χ1) is 7.83. The quantitative estimate of drug-likeness (QED) is 0.615. The highest BCUT2D eigenvalue weighted by molar-refractivity contribution is 4.86. The van der Waals surface area contributed by atoms with Gasteiger partial charge in [0.05, 0.1) is 13.2 Å². The third-order valence-corrected chi connectivity index (χ3v) is 3.62. The molecule has 1 rings (SSSR count). The van der Waals surface area contributed by atoms with Crippen LogP contribution in [0.3, 0.4) is 0 Å². The van der Waals surface area contributed by atoms with Crippen LogP contribution in [0.4, 0.5) is 0 Å². The van der Waals surface area contributed by atoms with E-state index in [4.69, 9.17) is 9.47 Å². The summed E-state index contributed by atoms with van der Waals surface area (Å²) in [5.74, 6) is 0. The van der Waals surface area contributed by atoms with E-state index >= 15 is 0 Å². The van der Waals surface area contributed by atoms with E-state index < -0.39 is 0 Å². The third kappa shape index (κ3) is 4.81. The van der Waals surface area contributed by atoms with Crippen LogP contribution in [0.5, 0.6) is 0 Å². The molecule has 0 heterocycles. The molecular weight excluding hydrogens is 202 g/mol. The van der Waals surface area contributed by atoms with Gasteiger partial charge in [-0.2, -0.15) is 0 Å². The molecule has 0 saturated heterocycles. The number of rotatable bonds is 9. The van der Waals surface area contributed by atoms with E-state index in [1.165, 1.54) is 32.1 Å². The topological polar surface area (TPSA) is 30.5 Å². The Labute approximate surface area is 99.9 Å². The Kier molecular flexibility index (Phi) is 7.01. The standard InChI is InChI=1S/C13H27NO2/c1-3-14-12-13(6-4-5-7-13)8-9-16-11-10-15-2/h14H,3-12H2,1-2H3. The zero-order chi connectivity index (χ0) is 11.7. The van der Waals surface area contributed by atoms with Gasteiger partial charge in [0.1, 0.15) is 0 Å². The van der Waals surface area contributed by atoms with Gasteiger partial charge in [0, 0.05) is 20.3 Å². The molecule has 3 heteroatoms. The van der Waals surface area contributed by atoms with Crippen LogP contribution in [0, 0.1) is 5.41 Å². The molecule has 1 N–H and O–H groups in total. The van der Waals surface area contributed by atoms with Crippen molar-refractivity contribution < 1.29 is 9.47 Å². The normalized spacial score (nSPS) is 19.1. The predicted molar refractivity (Wildman–Crippen MR) is 66.8 cm³/mol. The summed E-state index contributed by atoms with van der Waals surface area (Å²) in [5.41, 5.74) is 0.517. The molecule has 0 atom stereocenters. The molecule has 96 valence electrons. The average molecular weight is 229 g/mol. The van der Waals surface area contributed by atoms with Crippen molar-refractivity contribution in [1.29, 1.82) is 0 Å². The number of hydrogen-bond acceptors (Lipinski definition) is 3. The molecule has 0 aromatic heterocycles. The van der Waals surface area contributed by atoms with Gasteiger partial charge in [0.25, 0.3) is 0 Å². The molecule has 1 aliphatic rings. The van der Waals surface area contributed by atoms with Crippen LogP contribution in [0.1, 0.15) is 39.0 Å². The second kappa shape index (κ2) is 8.04. The molecular formula is C13H27NO2. The van der Waals surface area contributed by atoms with Gasteiger partial charge in [0.2, 0.25) is 0 Å². The van der Waals surface area contributed by atoms with Crippen molar-refractivity contribution in [2.45, 2.75) is 39.0 Å². The summed E-state index contributed by atoms with van der Waals surface area (Å²) < 4.78 is 10.6. The van der Waals surface area contributed by atoms with Crippen LogP contribution in [0.15, 0.2) is 0 Å². The van der Waals surface area contributed by atoms with E-state index in [-0.39, 0.29) is 0 Å². The summed E-state index contributed by atoms with van der Waals surface area (Å²) >= 11 is 0. The molecule has 1 saturated carbocycles. The lowest BCUT2D eigenvalue weighted by atomic mass is 9.83. The highest BCUT2D eigenvalue weighted by Gasteiger charge is 2.32. The Bertz CT molecular complexity index is 167. The maximum Gasteiger partial charge on any atom is 0.0700 e. The van der Waals surface area contributed by atoms with E-state index in [0.717, 1.165) is 26.3 Å². The summed E-state index contributed by atoms with van der Waals surface area (Å²) in [4.78, 5) is 0. The van der Waals surface area contributed by atoms with Gasteiger partial charge < -0.3 is 14.8 Å². The van der Waals surface area contributed by atoms with E-state index in [9.17, 15) is 0 Å². The van der Waals surface area contributed by atoms with Crippen molar-refractivity contribution in [3.8, 4) is 0 Å². The molecule has 0 unspecified atom stereocenters. The van der Waals surface area contributed by atoms with Crippen LogP contribution in [-0.4, -0.2) is 40.0 Å². The largest absolute Gasteiger partial charge is 0.382 e. The van der Waals surface area contributed by atoms with Crippen molar-refractivity contribution >= 4 is 0 Å². The fourth-order valence-electron chi connectivity index (χ4n) is 2.56. The second-order valence-electron chi connectivity index (χ2n) is 4.84. The summed E-state index contributed by atoms with van der Waals surface area (Å²) in [5, 5.41) is 3.50. The van der Waals surface area contributed by atoms with Crippen LogP contribution >= 0.6 is 0 Å². The first kappa shape index (κ1) is 13.9. The van der Waals surface area contributed by atoms with Gasteiger partial charge in [-0.3, -0.25) is 0 Å². The molecule has 1 fully saturated rings. The molecule has 0 bridgehead atoms. The number of methoxy groups -OCH3 is 1. The van der Waals surface area contributed by atoms with E-state index in [0.29, 0.717) is 12.0 Å². The van der Waals surface area contributed by atoms with Gasteiger partial charge in [-0.25, -0.2) is 0 Å². The zero-order valence-corrected chi connectivity index (χ0v) is 10.9. The lowest BCUT2D eigenvalue weighted by molar-refractivity contribution is 0.0515. The van der Waals surface area contributed by atoms with Gasteiger partial charge in [-0.1, -0.05) is 19.8 Å². The Balaban J connectivity index is 2.17. The molecule has 0 spiro atoms. The van der Waals surface area contributed by atoms with Crippen molar-refractivity contribution in [2.24, 2.45) is 5.41 Å². The Morgan fingerprint density at radius 1 is 1.12 bits per heavy atom. The highest BCUT2D eigenvalue weighted by atomic mass is 16.5. The highest BCUT2D eigenvalue weighted by Crippen LogP contribution is 2.40. The molecule has 0 aromatic rings. The van der Waals surface area contributed by atoms with Crippen molar-refractivity contribution in [1.82, 2.24) is 5.32 Å². The average Bonchev–Trinajstić information content (AvgIpc) is 2.76. The fraction of sp³-hybridized carbons (Fsp3) is 1.00. The Morgan fingerprint density at radius 2 is 1.88 bits per heavy atom. The zero-order valence-electron chi connectivity index (χ0n) is 10.9. The fourth-order valence-corrected chi connectivity index (χ4v) is 2.56. The third-order valence-electron chi connectivity index (χ3n) is 3.62. The van der Waals surface area contributed by atoms with E-state index in [2.05, 4.69) is 12.2 Å². The van der Waals surface area contributed by atoms with Crippen LogP contribution in [0.2, 0.25) is 0 Å². The molecule has 0 amide bonds. The molecule has 0 radical (unpaired) electrons. The number of nitrogens with one attached hydrogen (secondary N) is 1. The monoisotopic (exact) mass is 229 g/mol. The van der Waals surface area contributed by atoms with Crippen molar-refractivity contribution in [2.75, 3.05) is 40.0 Å². The maximum absolute atomic E-state index is 5.59.